The molecule has 2 saturated heterocycles. The molecule has 0 spiro atoms. The number of nitrogens with zero attached hydrogens (tertiary/aromatic N) is 3. The van der Waals surface area contributed by atoms with Gasteiger partial charge in [0, 0.05) is 25.3 Å². The fourth-order valence-corrected chi connectivity index (χ4v) is 3.57. The first kappa shape index (κ1) is 13.9. The van der Waals surface area contributed by atoms with Crippen molar-refractivity contribution in [1.29, 1.82) is 0 Å². The van der Waals surface area contributed by atoms with Gasteiger partial charge >= 0.3 is 0 Å². The van der Waals surface area contributed by atoms with Gasteiger partial charge in [-0.05, 0) is 43.1 Å². The Hall–Kier alpha value is -1.72. The fraction of sp³-hybridized carbons (Fsp3) is 0.471. The largest absolute Gasteiger partial charge is 0.306 e. The van der Waals surface area contributed by atoms with Crippen LogP contribution in [0.15, 0.2) is 36.5 Å². The van der Waals surface area contributed by atoms with Crippen molar-refractivity contribution in [2.45, 2.75) is 31.5 Å². The first-order valence-corrected chi connectivity index (χ1v) is 8.03. The van der Waals surface area contributed by atoms with Crippen LogP contribution < -0.4 is 5.32 Å². The molecule has 0 radical (unpaired) electrons. The van der Waals surface area contributed by atoms with Crippen molar-refractivity contribution in [3.05, 3.63) is 53.6 Å². The summed E-state index contributed by atoms with van der Waals surface area (Å²) in [5.74, 6) is -0.198. The van der Waals surface area contributed by atoms with E-state index in [-0.39, 0.29) is 5.82 Å². The van der Waals surface area contributed by atoms with E-state index in [1.165, 1.54) is 31.5 Å². The van der Waals surface area contributed by atoms with E-state index in [0.717, 1.165) is 30.4 Å². The molecule has 2 atom stereocenters. The van der Waals surface area contributed by atoms with Gasteiger partial charge in [-0.1, -0.05) is 12.1 Å². The number of benzene rings is 1. The number of hydrogen-bond acceptors (Lipinski definition) is 3. The molecule has 0 bridgehead atoms. The first-order chi connectivity index (χ1) is 10.8. The van der Waals surface area contributed by atoms with Gasteiger partial charge in [0.1, 0.15) is 5.82 Å². The second kappa shape index (κ2) is 5.82. The maximum absolute atomic E-state index is 12.9. The number of nitrogens with one attached hydrogen (secondary N) is 1. The second-order valence-electron chi connectivity index (χ2n) is 6.32. The predicted octanol–water partition coefficient (Wildman–Crippen LogP) is 2.18. The summed E-state index contributed by atoms with van der Waals surface area (Å²) in [4.78, 5) is 2.58. The number of hydrogen-bond donors (Lipinski definition) is 1. The quantitative estimate of drug-likeness (QED) is 0.943. The van der Waals surface area contributed by atoms with Crippen LogP contribution >= 0.6 is 0 Å². The molecule has 2 fully saturated rings. The molecule has 2 aliphatic rings. The molecule has 116 valence electrons. The van der Waals surface area contributed by atoms with Crippen molar-refractivity contribution in [3.8, 4) is 0 Å². The topological polar surface area (TPSA) is 33.1 Å². The minimum atomic E-state index is -0.198. The molecular formula is C17H21FN4. The molecule has 4 nitrogen and oxygen atoms in total. The van der Waals surface area contributed by atoms with E-state index >= 15 is 0 Å². The molecule has 1 N–H and O–H groups in total. The Labute approximate surface area is 129 Å². The van der Waals surface area contributed by atoms with Crippen molar-refractivity contribution in [2.24, 2.45) is 0 Å². The number of rotatable bonds is 3. The third-order valence-corrected chi connectivity index (χ3v) is 4.79. The van der Waals surface area contributed by atoms with Crippen molar-refractivity contribution in [2.75, 3.05) is 19.6 Å². The number of piperazine rings is 1. The van der Waals surface area contributed by atoms with Gasteiger partial charge in [0.25, 0.3) is 0 Å². The molecule has 2 aliphatic heterocycles. The monoisotopic (exact) mass is 300 g/mol. The Kier molecular flexibility index (Phi) is 3.68. The zero-order valence-corrected chi connectivity index (χ0v) is 12.6. The Balaban J connectivity index is 1.44. The van der Waals surface area contributed by atoms with Crippen LogP contribution in [0.2, 0.25) is 0 Å². The lowest BCUT2D eigenvalue weighted by molar-refractivity contribution is 0.171. The number of halogens is 1. The molecule has 22 heavy (non-hydrogen) atoms. The van der Waals surface area contributed by atoms with Gasteiger partial charge in [0.15, 0.2) is 0 Å². The van der Waals surface area contributed by atoms with Crippen molar-refractivity contribution >= 4 is 0 Å². The highest BCUT2D eigenvalue weighted by atomic mass is 19.1. The second-order valence-corrected chi connectivity index (χ2v) is 6.32. The lowest BCUT2D eigenvalue weighted by Gasteiger charge is -2.35. The smallest absolute Gasteiger partial charge is 0.123 e. The van der Waals surface area contributed by atoms with Gasteiger partial charge in [-0.15, -0.1) is 0 Å². The van der Waals surface area contributed by atoms with Crippen LogP contribution in [0, 0.1) is 5.82 Å². The molecule has 1 aromatic carbocycles. The Morgan fingerprint density at radius 3 is 2.95 bits per heavy atom. The molecule has 3 heterocycles. The van der Waals surface area contributed by atoms with Crippen molar-refractivity contribution < 1.29 is 4.39 Å². The van der Waals surface area contributed by atoms with Gasteiger partial charge in [-0.25, -0.2) is 4.39 Å². The normalized spacial score (nSPS) is 25.3. The minimum absolute atomic E-state index is 0.198. The SMILES string of the molecule is Fc1ccc(Cn2ccc([C@@H]3CN4CCC[C@@H]4CN3)n2)cc1. The number of fused-ring (bicyclic) bond motifs is 1. The van der Waals surface area contributed by atoms with E-state index in [1.807, 2.05) is 23.0 Å². The predicted molar refractivity (Wildman–Crippen MR) is 83.1 cm³/mol. The van der Waals surface area contributed by atoms with Gasteiger partial charge in [-0.2, -0.15) is 5.10 Å². The van der Waals surface area contributed by atoms with Crippen LogP contribution in [0.4, 0.5) is 4.39 Å². The van der Waals surface area contributed by atoms with Gasteiger partial charge < -0.3 is 5.32 Å². The van der Waals surface area contributed by atoms with E-state index in [0.29, 0.717) is 12.6 Å². The molecule has 4 rings (SSSR count). The zero-order valence-electron chi connectivity index (χ0n) is 12.6. The summed E-state index contributed by atoms with van der Waals surface area (Å²) in [5, 5.41) is 8.32. The highest BCUT2D eigenvalue weighted by molar-refractivity contribution is 5.17. The van der Waals surface area contributed by atoms with Gasteiger partial charge in [-0.3, -0.25) is 9.58 Å². The lowest BCUT2D eigenvalue weighted by atomic mass is 10.1. The molecule has 0 amide bonds. The summed E-state index contributed by atoms with van der Waals surface area (Å²) >= 11 is 0. The van der Waals surface area contributed by atoms with Crippen LogP contribution in [0.5, 0.6) is 0 Å². The fourth-order valence-electron chi connectivity index (χ4n) is 3.57. The summed E-state index contributed by atoms with van der Waals surface area (Å²) in [6, 6.07) is 9.75. The first-order valence-electron chi connectivity index (χ1n) is 8.03. The standard InChI is InChI=1S/C17H21FN4/c18-14-5-3-13(4-6-14)11-22-9-7-16(20-22)17-12-21-8-1-2-15(21)10-19-17/h3-7,9,15,17,19H,1-2,8,10-12H2/t15-,17+/m1/s1. The van der Waals surface area contributed by atoms with E-state index < -0.39 is 0 Å². The summed E-state index contributed by atoms with van der Waals surface area (Å²) in [5.41, 5.74) is 2.17. The maximum Gasteiger partial charge on any atom is 0.123 e. The van der Waals surface area contributed by atoms with Crippen molar-refractivity contribution in [1.82, 2.24) is 20.0 Å². The van der Waals surface area contributed by atoms with Gasteiger partial charge in [0.05, 0.1) is 18.3 Å². The van der Waals surface area contributed by atoms with E-state index in [9.17, 15) is 4.39 Å². The third-order valence-electron chi connectivity index (χ3n) is 4.79. The molecule has 1 aromatic heterocycles. The van der Waals surface area contributed by atoms with E-state index in [2.05, 4.69) is 16.3 Å². The average molecular weight is 300 g/mol. The minimum Gasteiger partial charge on any atom is -0.306 e. The Morgan fingerprint density at radius 1 is 1.23 bits per heavy atom. The van der Waals surface area contributed by atoms with Crippen LogP contribution in [0.1, 0.15) is 30.1 Å². The number of aromatic nitrogens is 2. The Morgan fingerprint density at radius 2 is 2.09 bits per heavy atom. The molecule has 0 aliphatic carbocycles. The maximum atomic E-state index is 12.9. The highest BCUT2D eigenvalue weighted by Crippen LogP contribution is 2.25. The highest BCUT2D eigenvalue weighted by Gasteiger charge is 2.32. The van der Waals surface area contributed by atoms with Crippen LogP contribution in [0.25, 0.3) is 0 Å². The molecule has 0 unspecified atom stereocenters. The van der Waals surface area contributed by atoms with E-state index in [4.69, 9.17) is 5.10 Å². The zero-order chi connectivity index (χ0) is 14.9. The summed E-state index contributed by atoms with van der Waals surface area (Å²) in [6.07, 6.45) is 4.65. The van der Waals surface area contributed by atoms with Crippen molar-refractivity contribution in [3.63, 3.8) is 0 Å². The van der Waals surface area contributed by atoms with Gasteiger partial charge in [0.2, 0.25) is 0 Å². The summed E-state index contributed by atoms with van der Waals surface area (Å²) < 4.78 is 14.9. The van der Waals surface area contributed by atoms with Crippen LogP contribution in [-0.2, 0) is 6.54 Å². The average Bonchev–Trinajstić information content (AvgIpc) is 3.17. The molecule has 2 aromatic rings. The molecule has 0 saturated carbocycles. The van der Waals surface area contributed by atoms with Crippen LogP contribution in [0.3, 0.4) is 0 Å². The molecular weight excluding hydrogens is 279 g/mol. The lowest BCUT2D eigenvalue weighted by Crippen LogP contribution is -2.49. The molecule has 5 heteroatoms. The third kappa shape index (κ3) is 2.78. The van der Waals surface area contributed by atoms with E-state index in [1.54, 1.807) is 0 Å². The van der Waals surface area contributed by atoms with Crippen LogP contribution in [-0.4, -0.2) is 40.4 Å². The summed E-state index contributed by atoms with van der Waals surface area (Å²) in [7, 11) is 0. The Bertz CT molecular complexity index is 636. The summed E-state index contributed by atoms with van der Waals surface area (Å²) in [6.45, 7) is 4.02.